The Bertz CT molecular complexity index is 734. The fourth-order valence-corrected chi connectivity index (χ4v) is 2.34. The number of carbonyl (C=O) groups excluding carboxylic acids is 2. The Morgan fingerprint density at radius 1 is 1.20 bits per heavy atom. The maximum absolute atomic E-state index is 12.0. The Balaban J connectivity index is 2.07. The van der Waals surface area contributed by atoms with Crippen molar-refractivity contribution in [3.8, 4) is 11.5 Å². The summed E-state index contributed by atoms with van der Waals surface area (Å²) in [5, 5.41) is 2.78. The summed E-state index contributed by atoms with van der Waals surface area (Å²) < 4.78 is 10.5. The second kappa shape index (κ2) is 8.68. The normalized spacial score (nSPS) is 10.0. The monoisotopic (exact) mass is 343 g/mol. The third-order valence-electron chi connectivity index (χ3n) is 3.60. The van der Waals surface area contributed by atoms with Gasteiger partial charge in [0.05, 0.1) is 25.5 Å². The van der Waals surface area contributed by atoms with Gasteiger partial charge in [0.2, 0.25) is 5.91 Å². The van der Waals surface area contributed by atoms with Gasteiger partial charge >= 0.3 is 0 Å². The van der Waals surface area contributed by atoms with E-state index in [1.807, 2.05) is 0 Å². The molecular formula is C18H21N3O4. The first-order chi connectivity index (χ1) is 12.1. The number of hydrogen-bond donors (Lipinski definition) is 1. The van der Waals surface area contributed by atoms with E-state index in [2.05, 4.69) is 10.3 Å². The number of ether oxygens (including phenoxy) is 2. The van der Waals surface area contributed by atoms with Gasteiger partial charge in [-0.2, -0.15) is 0 Å². The molecule has 7 heteroatoms. The lowest BCUT2D eigenvalue weighted by molar-refractivity contribution is -0.116. The summed E-state index contributed by atoms with van der Waals surface area (Å²) in [6, 6.07) is 8.58. The third-order valence-corrected chi connectivity index (χ3v) is 3.60. The molecule has 0 aliphatic rings. The maximum Gasteiger partial charge on any atom is 0.252 e. The molecule has 0 aliphatic heterocycles. The minimum Gasteiger partial charge on any atom is -0.497 e. The van der Waals surface area contributed by atoms with E-state index in [4.69, 9.17) is 9.47 Å². The lowest BCUT2D eigenvalue weighted by atomic mass is 10.2. The standard InChI is InChI=1S/C18H21N3O4/c1-13(22)21(16-7-6-15(24-2)11-17(16)25-3)10-9-20-18(23)14-5-4-8-19-12-14/h4-8,11-12H,9-10H2,1-3H3,(H,20,23). The molecule has 1 aromatic heterocycles. The van der Waals surface area contributed by atoms with Gasteiger partial charge in [0.1, 0.15) is 11.5 Å². The quantitative estimate of drug-likeness (QED) is 0.830. The predicted molar refractivity (Wildman–Crippen MR) is 94.1 cm³/mol. The zero-order chi connectivity index (χ0) is 18.2. The number of amides is 2. The summed E-state index contributed by atoms with van der Waals surface area (Å²) in [4.78, 5) is 29.5. The van der Waals surface area contributed by atoms with Crippen LogP contribution in [0.15, 0.2) is 42.7 Å². The van der Waals surface area contributed by atoms with Crippen LogP contribution < -0.4 is 19.7 Å². The van der Waals surface area contributed by atoms with Gasteiger partial charge < -0.3 is 19.7 Å². The molecule has 2 amide bonds. The van der Waals surface area contributed by atoms with Gasteiger partial charge in [-0.05, 0) is 24.3 Å². The van der Waals surface area contributed by atoms with Crippen LogP contribution in [0.1, 0.15) is 17.3 Å². The van der Waals surface area contributed by atoms with Crippen LogP contribution in [-0.2, 0) is 4.79 Å². The minimum atomic E-state index is -0.238. The average Bonchev–Trinajstić information content (AvgIpc) is 2.65. The molecule has 0 radical (unpaired) electrons. The van der Waals surface area contributed by atoms with Crippen molar-refractivity contribution in [1.82, 2.24) is 10.3 Å². The fraction of sp³-hybridized carbons (Fsp3) is 0.278. The van der Waals surface area contributed by atoms with Crippen LogP contribution in [-0.4, -0.2) is 44.1 Å². The molecule has 2 aromatic rings. The number of pyridine rings is 1. The maximum atomic E-state index is 12.0. The van der Waals surface area contributed by atoms with Crippen molar-refractivity contribution in [2.45, 2.75) is 6.92 Å². The number of methoxy groups -OCH3 is 2. The van der Waals surface area contributed by atoms with Gasteiger partial charge in [-0.3, -0.25) is 14.6 Å². The molecule has 0 bridgehead atoms. The largest absolute Gasteiger partial charge is 0.497 e. The first-order valence-electron chi connectivity index (χ1n) is 7.75. The molecule has 132 valence electrons. The Hall–Kier alpha value is -3.09. The van der Waals surface area contributed by atoms with Crippen LogP contribution >= 0.6 is 0 Å². The van der Waals surface area contributed by atoms with Crippen molar-refractivity contribution in [2.75, 3.05) is 32.2 Å². The van der Waals surface area contributed by atoms with Crippen molar-refractivity contribution < 1.29 is 19.1 Å². The summed E-state index contributed by atoms with van der Waals surface area (Å²) in [6.45, 7) is 2.07. The highest BCUT2D eigenvalue weighted by Gasteiger charge is 2.17. The van der Waals surface area contributed by atoms with E-state index in [1.54, 1.807) is 48.5 Å². The summed E-state index contributed by atoms with van der Waals surface area (Å²) in [7, 11) is 3.09. The topological polar surface area (TPSA) is 80.8 Å². The SMILES string of the molecule is COc1ccc(N(CCNC(=O)c2cccnc2)C(C)=O)c(OC)c1. The number of hydrogen-bond acceptors (Lipinski definition) is 5. The highest BCUT2D eigenvalue weighted by atomic mass is 16.5. The summed E-state index contributed by atoms with van der Waals surface area (Å²) in [5.41, 5.74) is 1.09. The third kappa shape index (κ3) is 4.69. The molecule has 0 unspecified atom stereocenters. The number of carbonyl (C=O) groups is 2. The lowest BCUT2D eigenvalue weighted by Crippen LogP contribution is -2.37. The average molecular weight is 343 g/mol. The number of benzene rings is 1. The number of nitrogens with one attached hydrogen (secondary N) is 1. The number of nitrogens with zero attached hydrogens (tertiary/aromatic N) is 2. The molecule has 0 saturated carbocycles. The van der Waals surface area contributed by atoms with E-state index in [9.17, 15) is 9.59 Å². The molecule has 0 atom stereocenters. The van der Waals surface area contributed by atoms with Crippen molar-refractivity contribution in [1.29, 1.82) is 0 Å². The van der Waals surface area contributed by atoms with Gasteiger partial charge in [-0.1, -0.05) is 0 Å². The summed E-state index contributed by atoms with van der Waals surface area (Å²) >= 11 is 0. The highest BCUT2D eigenvalue weighted by molar-refractivity contribution is 5.95. The highest BCUT2D eigenvalue weighted by Crippen LogP contribution is 2.32. The Kier molecular flexibility index (Phi) is 6.33. The Morgan fingerprint density at radius 3 is 2.60 bits per heavy atom. The smallest absolute Gasteiger partial charge is 0.252 e. The first-order valence-corrected chi connectivity index (χ1v) is 7.75. The molecule has 25 heavy (non-hydrogen) atoms. The van der Waals surface area contributed by atoms with Crippen LogP contribution in [0.25, 0.3) is 0 Å². The molecule has 0 saturated heterocycles. The van der Waals surface area contributed by atoms with Crippen molar-refractivity contribution in [3.63, 3.8) is 0 Å². The Morgan fingerprint density at radius 2 is 2.00 bits per heavy atom. The Labute approximate surface area is 146 Å². The second-order valence-electron chi connectivity index (χ2n) is 5.21. The van der Waals surface area contributed by atoms with Crippen LogP contribution in [0.5, 0.6) is 11.5 Å². The molecular weight excluding hydrogens is 322 g/mol. The van der Waals surface area contributed by atoms with Gasteiger partial charge in [-0.15, -0.1) is 0 Å². The number of rotatable bonds is 7. The van der Waals surface area contributed by atoms with Crippen LogP contribution in [0, 0.1) is 0 Å². The van der Waals surface area contributed by atoms with Gasteiger partial charge in [-0.25, -0.2) is 0 Å². The van der Waals surface area contributed by atoms with Crippen molar-refractivity contribution in [3.05, 3.63) is 48.3 Å². The number of anilines is 1. The van der Waals surface area contributed by atoms with Crippen molar-refractivity contribution >= 4 is 17.5 Å². The van der Waals surface area contributed by atoms with E-state index >= 15 is 0 Å². The molecule has 1 heterocycles. The first kappa shape index (κ1) is 18.3. The van der Waals surface area contributed by atoms with Gasteiger partial charge in [0, 0.05) is 38.5 Å². The summed E-state index contributed by atoms with van der Waals surface area (Å²) in [5.74, 6) is 0.763. The molecule has 1 N–H and O–H groups in total. The van der Waals surface area contributed by atoms with E-state index in [0.29, 0.717) is 35.8 Å². The fourth-order valence-electron chi connectivity index (χ4n) is 2.34. The van der Waals surface area contributed by atoms with Gasteiger partial charge in [0.15, 0.2) is 0 Å². The molecule has 1 aromatic carbocycles. The van der Waals surface area contributed by atoms with Crippen LogP contribution in [0.4, 0.5) is 5.69 Å². The van der Waals surface area contributed by atoms with Gasteiger partial charge in [0.25, 0.3) is 5.91 Å². The van der Waals surface area contributed by atoms with Crippen LogP contribution in [0.2, 0.25) is 0 Å². The van der Waals surface area contributed by atoms with E-state index in [-0.39, 0.29) is 11.8 Å². The summed E-state index contributed by atoms with van der Waals surface area (Å²) in [6.07, 6.45) is 3.09. The van der Waals surface area contributed by atoms with E-state index < -0.39 is 0 Å². The van der Waals surface area contributed by atoms with Crippen LogP contribution in [0.3, 0.4) is 0 Å². The van der Waals surface area contributed by atoms with E-state index in [1.165, 1.54) is 20.2 Å². The van der Waals surface area contributed by atoms with E-state index in [0.717, 1.165) is 0 Å². The molecule has 0 spiro atoms. The minimum absolute atomic E-state index is 0.154. The zero-order valence-corrected chi connectivity index (χ0v) is 14.5. The molecule has 0 aliphatic carbocycles. The zero-order valence-electron chi connectivity index (χ0n) is 14.5. The molecule has 7 nitrogen and oxygen atoms in total. The lowest BCUT2D eigenvalue weighted by Gasteiger charge is -2.23. The van der Waals surface area contributed by atoms with Crippen molar-refractivity contribution in [2.24, 2.45) is 0 Å². The predicted octanol–water partition coefficient (Wildman–Crippen LogP) is 1.88. The molecule has 2 rings (SSSR count). The number of aromatic nitrogens is 1. The second-order valence-corrected chi connectivity index (χ2v) is 5.21. The molecule has 0 fully saturated rings.